The first-order chi connectivity index (χ1) is 14.0. The predicted octanol–water partition coefficient (Wildman–Crippen LogP) is 3.34. The average Bonchev–Trinajstić information content (AvgIpc) is 2.70. The lowest BCUT2D eigenvalue weighted by molar-refractivity contribution is -0.119. The number of hydrogen-bond donors (Lipinski definition) is 1. The fraction of sp³-hybridized carbons (Fsp3) is 0.286. The smallest absolute Gasteiger partial charge is 0.262 e. The zero-order valence-electron chi connectivity index (χ0n) is 16.2. The summed E-state index contributed by atoms with van der Waals surface area (Å²) in [5.41, 5.74) is 1.25. The summed E-state index contributed by atoms with van der Waals surface area (Å²) in [5, 5.41) is 4.44. The summed E-state index contributed by atoms with van der Waals surface area (Å²) in [4.78, 5) is 30.0. The SMILES string of the molecule is COCC(C)NC(=O)CSc1nc2ccccc2c(=O)n1Cc1ccccc1Cl. The van der Waals surface area contributed by atoms with E-state index in [1.807, 2.05) is 37.3 Å². The van der Waals surface area contributed by atoms with Gasteiger partial charge < -0.3 is 10.1 Å². The van der Waals surface area contributed by atoms with E-state index in [-0.39, 0.29) is 29.8 Å². The molecule has 0 fully saturated rings. The Labute approximate surface area is 178 Å². The lowest BCUT2D eigenvalue weighted by Crippen LogP contribution is -2.36. The third kappa shape index (κ3) is 5.38. The number of rotatable bonds is 8. The second-order valence-electron chi connectivity index (χ2n) is 6.61. The monoisotopic (exact) mass is 431 g/mol. The molecule has 1 amide bonds. The number of fused-ring (bicyclic) bond motifs is 1. The molecule has 0 spiro atoms. The molecule has 1 aromatic heterocycles. The highest BCUT2D eigenvalue weighted by Gasteiger charge is 2.15. The van der Waals surface area contributed by atoms with Crippen LogP contribution in [0.3, 0.4) is 0 Å². The maximum Gasteiger partial charge on any atom is 0.262 e. The molecule has 0 radical (unpaired) electrons. The highest BCUT2D eigenvalue weighted by molar-refractivity contribution is 7.99. The Bertz CT molecular complexity index is 1070. The molecule has 0 aliphatic carbocycles. The Hall–Kier alpha value is -2.35. The fourth-order valence-corrected chi connectivity index (χ4v) is 3.94. The number of nitrogens with one attached hydrogen (secondary N) is 1. The van der Waals surface area contributed by atoms with Gasteiger partial charge in [0, 0.05) is 18.2 Å². The van der Waals surface area contributed by atoms with Crippen LogP contribution in [0.4, 0.5) is 0 Å². The molecule has 2 aromatic carbocycles. The van der Waals surface area contributed by atoms with Gasteiger partial charge >= 0.3 is 0 Å². The molecule has 1 unspecified atom stereocenters. The molecule has 1 N–H and O–H groups in total. The molecule has 0 bridgehead atoms. The second kappa shape index (κ2) is 9.91. The van der Waals surface area contributed by atoms with E-state index in [1.54, 1.807) is 29.9 Å². The first kappa shape index (κ1) is 21.4. The van der Waals surface area contributed by atoms with E-state index in [1.165, 1.54) is 11.8 Å². The number of para-hydroxylation sites is 1. The van der Waals surface area contributed by atoms with Crippen molar-refractivity contribution in [3.8, 4) is 0 Å². The number of carbonyl (C=O) groups excluding carboxylic acids is 1. The number of amides is 1. The van der Waals surface area contributed by atoms with Crippen molar-refractivity contribution in [2.24, 2.45) is 0 Å². The van der Waals surface area contributed by atoms with Crippen LogP contribution in [0.1, 0.15) is 12.5 Å². The Balaban J connectivity index is 1.91. The number of hydrogen-bond acceptors (Lipinski definition) is 5. The summed E-state index contributed by atoms with van der Waals surface area (Å²) in [7, 11) is 1.59. The standard InChI is InChI=1S/C21H22ClN3O3S/c1-14(12-28-2)23-19(26)13-29-21-24-18-10-6-4-8-16(18)20(27)25(21)11-15-7-3-5-9-17(15)22/h3-10,14H,11-13H2,1-2H3,(H,23,26). The summed E-state index contributed by atoms with van der Waals surface area (Å²) < 4.78 is 6.61. The summed E-state index contributed by atoms with van der Waals surface area (Å²) in [6, 6.07) is 14.5. The van der Waals surface area contributed by atoms with Gasteiger partial charge in [-0.3, -0.25) is 14.2 Å². The van der Waals surface area contributed by atoms with Gasteiger partial charge in [0.1, 0.15) is 0 Å². The van der Waals surface area contributed by atoms with Crippen molar-refractivity contribution in [2.75, 3.05) is 19.5 Å². The Kier molecular flexibility index (Phi) is 7.30. The van der Waals surface area contributed by atoms with Gasteiger partial charge in [0.15, 0.2) is 5.16 Å². The first-order valence-corrected chi connectivity index (χ1v) is 10.5. The van der Waals surface area contributed by atoms with Gasteiger partial charge in [-0.15, -0.1) is 0 Å². The second-order valence-corrected chi connectivity index (χ2v) is 7.96. The van der Waals surface area contributed by atoms with E-state index >= 15 is 0 Å². The number of nitrogens with zero attached hydrogens (tertiary/aromatic N) is 2. The van der Waals surface area contributed by atoms with Crippen molar-refractivity contribution >= 4 is 40.2 Å². The highest BCUT2D eigenvalue weighted by atomic mass is 35.5. The summed E-state index contributed by atoms with van der Waals surface area (Å²) in [5.74, 6) is -0.00676. The first-order valence-electron chi connectivity index (χ1n) is 9.13. The van der Waals surface area contributed by atoms with E-state index in [2.05, 4.69) is 10.3 Å². The van der Waals surface area contributed by atoms with Crippen molar-refractivity contribution in [1.82, 2.24) is 14.9 Å². The van der Waals surface area contributed by atoms with Crippen LogP contribution >= 0.6 is 23.4 Å². The van der Waals surface area contributed by atoms with Gasteiger partial charge in [-0.2, -0.15) is 0 Å². The Morgan fingerprint density at radius 3 is 2.72 bits per heavy atom. The molecule has 0 aliphatic rings. The van der Waals surface area contributed by atoms with Gasteiger partial charge in [-0.1, -0.05) is 53.7 Å². The molecular formula is C21H22ClN3O3S. The van der Waals surface area contributed by atoms with Gasteiger partial charge in [0.05, 0.1) is 29.8 Å². The molecule has 3 aromatic rings. The van der Waals surface area contributed by atoms with E-state index < -0.39 is 0 Å². The molecule has 3 rings (SSSR count). The van der Waals surface area contributed by atoms with E-state index in [4.69, 9.17) is 16.3 Å². The van der Waals surface area contributed by atoms with Crippen LogP contribution in [0, 0.1) is 0 Å². The maximum atomic E-state index is 13.1. The quantitative estimate of drug-likeness (QED) is 0.437. The van der Waals surface area contributed by atoms with Crippen molar-refractivity contribution in [2.45, 2.75) is 24.7 Å². The number of aromatic nitrogens is 2. The minimum atomic E-state index is -0.161. The molecule has 1 atom stereocenters. The minimum absolute atomic E-state index is 0.0945. The molecule has 29 heavy (non-hydrogen) atoms. The maximum absolute atomic E-state index is 13.1. The van der Waals surface area contributed by atoms with Crippen LogP contribution < -0.4 is 10.9 Å². The van der Waals surface area contributed by atoms with Crippen LogP contribution in [0.2, 0.25) is 5.02 Å². The highest BCUT2D eigenvalue weighted by Crippen LogP contribution is 2.21. The van der Waals surface area contributed by atoms with E-state index in [0.29, 0.717) is 27.7 Å². The predicted molar refractivity (Wildman–Crippen MR) is 117 cm³/mol. The molecule has 6 nitrogen and oxygen atoms in total. The number of thioether (sulfide) groups is 1. The molecule has 8 heteroatoms. The van der Waals surface area contributed by atoms with Gasteiger partial charge in [-0.25, -0.2) is 4.98 Å². The number of halogens is 1. The third-order valence-corrected chi connectivity index (χ3v) is 5.61. The van der Waals surface area contributed by atoms with Crippen LogP contribution in [-0.2, 0) is 16.1 Å². The molecule has 0 saturated carbocycles. The lowest BCUT2D eigenvalue weighted by Gasteiger charge is -2.15. The van der Waals surface area contributed by atoms with Gasteiger partial charge in [0.25, 0.3) is 5.56 Å². The van der Waals surface area contributed by atoms with Crippen LogP contribution in [0.5, 0.6) is 0 Å². The molecule has 0 aliphatic heterocycles. The average molecular weight is 432 g/mol. The summed E-state index contributed by atoms with van der Waals surface area (Å²) >= 11 is 7.52. The molecule has 1 heterocycles. The number of benzene rings is 2. The summed E-state index contributed by atoms with van der Waals surface area (Å²) in [6.45, 7) is 2.58. The topological polar surface area (TPSA) is 73.2 Å². The summed E-state index contributed by atoms with van der Waals surface area (Å²) in [6.07, 6.45) is 0. The lowest BCUT2D eigenvalue weighted by atomic mass is 10.2. The fourth-order valence-electron chi connectivity index (χ4n) is 2.93. The van der Waals surface area contributed by atoms with E-state index in [9.17, 15) is 9.59 Å². The van der Waals surface area contributed by atoms with Crippen LogP contribution in [0.15, 0.2) is 58.5 Å². The number of methoxy groups -OCH3 is 1. The van der Waals surface area contributed by atoms with Crippen LogP contribution in [0.25, 0.3) is 10.9 Å². The van der Waals surface area contributed by atoms with Gasteiger partial charge in [0.2, 0.25) is 5.91 Å². The minimum Gasteiger partial charge on any atom is -0.383 e. The van der Waals surface area contributed by atoms with Crippen molar-refractivity contribution < 1.29 is 9.53 Å². The largest absolute Gasteiger partial charge is 0.383 e. The van der Waals surface area contributed by atoms with Crippen LogP contribution in [-0.4, -0.2) is 41.0 Å². The van der Waals surface area contributed by atoms with Crippen molar-refractivity contribution in [1.29, 1.82) is 0 Å². The van der Waals surface area contributed by atoms with Crippen molar-refractivity contribution in [3.63, 3.8) is 0 Å². The molecule has 152 valence electrons. The number of ether oxygens (including phenoxy) is 1. The molecular weight excluding hydrogens is 410 g/mol. The van der Waals surface area contributed by atoms with Gasteiger partial charge in [-0.05, 0) is 30.7 Å². The Morgan fingerprint density at radius 1 is 1.24 bits per heavy atom. The molecule has 0 saturated heterocycles. The number of carbonyl (C=O) groups is 1. The third-order valence-electron chi connectivity index (χ3n) is 4.27. The Morgan fingerprint density at radius 2 is 1.97 bits per heavy atom. The zero-order chi connectivity index (χ0) is 20.8. The van der Waals surface area contributed by atoms with Crippen molar-refractivity contribution in [3.05, 3.63) is 69.5 Å². The normalized spacial score (nSPS) is 12.1. The van der Waals surface area contributed by atoms with E-state index in [0.717, 1.165) is 5.56 Å². The zero-order valence-corrected chi connectivity index (χ0v) is 17.8.